The van der Waals surface area contributed by atoms with Crippen molar-refractivity contribution in [1.82, 2.24) is 14.6 Å². The van der Waals surface area contributed by atoms with Crippen LogP contribution in [0.4, 0.5) is 13.2 Å². The van der Waals surface area contributed by atoms with Crippen LogP contribution in [-0.4, -0.2) is 41.5 Å². The minimum Gasteiger partial charge on any atom is -0.481 e. The quantitative estimate of drug-likeness (QED) is 0.367. The van der Waals surface area contributed by atoms with Crippen molar-refractivity contribution in [2.24, 2.45) is 11.8 Å². The first-order valence-electron chi connectivity index (χ1n) is 14.1. The number of aliphatic carboxylic acids is 1. The van der Waals surface area contributed by atoms with Crippen molar-refractivity contribution in [3.8, 4) is 17.3 Å². The molecule has 13 heteroatoms. The first-order chi connectivity index (χ1) is 19.7. The summed E-state index contributed by atoms with van der Waals surface area (Å²) in [5, 5.41) is 21.3. The van der Waals surface area contributed by atoms with Crippen LogP contribution in [0.3, 0.4) is 0 Å². The van der Waals surface area contributed by atoms with Gasteiger partial charge in [0.1, 0.15) is 5.54 Å². The molecule has 1 aromatic carbocycles. The van der Waals surface area contributed by atoms with Gasteiger partial charge in [-0.15, -0.1) is 0 Å². The average molecular weight is 607 g/mol. The van der Waals surface area contributed by atoms with Crippen LogP contribution in [0, 0.1) is 30.1 Å². The molecule has 2 aromatic rings. The molecule has 3 saturated carbocycles. The van der Waals surface area contributed by atoms with E-state index in [-0.39, 0.29) is 35.9 Å². The second-order valence-electron chi connectivity index (χ2n) is 11.8. The Morgan fingerprint density at radius 3 is 2.38 bits per heavy atom. The van der Waals surface area contributed by atoms with Crippen LogP contribution < -0.4 is 10.0 Å². The molecule has 3 aliphatic rings. The largest absolute Gasteiger partial charge is 0.481 e. The fraction of sp³-hybridized carbons (Fsp3) is 0.552. The lowest BCUT2D eigenvalue weighted by Crippen LogP contribution is -2.46. The normalized spacial score (nSPS) is 22.2. The number of hydrogen-bond donors (Lipinski definition) is 3. The van der Waals surface area contributed by atoms with Crippen LogP contribution >= 0.6 is 0 Å². The summed E-state index contributed by atoms with van der Waals surface area (Å²) >= 11 is 0. The number of aromatic nitrogens is 1. The van der Waals surface area contributed by atoms with Gasteiger partial charge in [-0.2, -0.15) is 23.2 Å². The molecule has 0 atom stereocenters. The molecular weight excluding hydrogens is 573 g/mol. The molecule has 0 bridgehead atoms. The summed E-state index contributed by atoms with van der Waals surface area (Å²) < 4.78 is 72.8. The lowest BCUT2D eigenvalue weighted by Gasteiger charge is -2.32. The minimum absolute atomic E-state index is 0.107. The number of carbonyl (C=O) groups excluding carboxylic acids is 1. The molecule has 0 spiro atoms. The van der Waals surface area contributed by atoms with E-state index in [0.29, 0.717) is 30.8 Å². The molecule has 42 heavy (non-hydrogen) atoms. The highest BCUT2D eigenvalue weighted by Gasteiger charge is 2.48. The van der Waals surface area contributed by atoms with Gasteiger partial charge in [0.15, 0.2) is 0 Å². The number of carbonyl (C=O) groups is 2. The third kappa shape index (κ3) is 6.06. The highest BCUT2D eigenvalue weighted by Crippen LogP contribution is 2.41. The van der Waals surface area contributed by atoms with Gasteiger partial charge in [0.25, 0.3) is 5.91 Å². The number of nitriles is 1. The molecule has 0 unspecified atom stereocenters. The Hall–Kier alpha value is -3.37. The topological polar surface area (TPSA) is 141 Å². The number of benzene rings is 1. The zero-order valence-electron chi connectivity index (χ0n) is 23.1. The molecule has 3 aliphatic carbocycles. The van der Waals surface area contributed by atoms with Crippen LogP contribution in [-0.2, 0) is 27.5 Å². The highest BCUT2D eigenvalue weighted by atomic mass is 32.2. The van der Waals surface area contributed by atoms with Crippen molar-refractivity contribution in [2.75, 3.05) is 0 Å². The Labute approximate surface area is 242 Å². The van der Waals surface area contributed by atoms with Gasteiger partial charge in [-0.3, -0.25) is 9.59 Å². The number of carboxylic acid groups (broad SMARTS) is 1. The molecule has 3 fully saturated rings. The molecule has 5 rings (SSSR count). The van der Waals surface area contributed by atoms with Gasteiger partial charge in [-0.05, 0) is 75.1 Å². The van der Waals surface area contributed by atoms with E-state index in [1.807, 2.05) is 10.6 Å². The second kappa shape index (κ2) is 11.0. The van der Waals surface area contributed by atoms with E-state index >= 15 is 0 Å². The first kappa shape index (κ1) is 30.1. The maximum atomic E-state index is 14.3. The lowest BCUT2D eigenvalue weighted by atomic mass is 9.80. The molecule has 1 aromatic heterocycles. The number of amides is 1. The first-order valence-corrected chi connectivity index (χ1v) is 15.6. The van der Waals surface area contributed by atoms with Crippen LogP contribution in [0.2, 0.25) is 0 Å². The average Bonchev–Trinajstić information content (AvgIpc) is 3.60. The minimum atomic E-state index is -5.01. The molecule has 1 amide bonds. The molecule has 0 radical (unpaired) electrons. The summed E-state index contributed by atoms with van der Waals surface area (Å²) in [5.41, 5.74) is -1.44. The predicted octanol–water partition coefficient (Wildman–Crippen LogP) is 4.99. The van der Waals surface area contributed by atoms with Gasteiger partial charge in [-0.1, -0.05) is 25.3 Å². The third-order valence-corrected chi connectivity index (χ3v) is 10.4. The van der Waals surface area contributed by atoms with E-state index in [2.05, 4.69) is 10.0 Å². The fourth-order valence-electron chi connectivity index (χ4n) is 6.00. The standard InChI is InChI=1S/C29H33F3N4O5S/c1-17-22(26(37)34-21-11-20(12-21)27(38)39)14-24(36(17)15-18-5-3-2-4-6-18)19-7-8-25(23(13-19)29(30,31)32)42(40,41)35-28(16-33)9-10-28/h7-8,13-14,18,20-21,35H,2-6,9-12,15H2,1H3,(H,34,37)(H,38,39). The summed E-state index contributed by atoms with van der Waals surface area (Å²) in [6, 6.07) is 6.04. The maximum Gasteiger partial charge on any atom is 0.417 e. The number of rotatable bonds is 9. The van der Waals surface area contributed by atoms with Gasteiger partial charge in [0.2, 0.25) is 10.0 Å². The maximum absolute atomic E-state index is 14.3. The number of halogens is 3. The lowest BCUT2D eigenvalue weighted by molar-refractivity contribution is -0.145. The van der Waals surface area contributed by atoms with E-state index in [1.165, 1.54) is 12.1 Å². The monoisotopic (exact) mass is 606 g/mol. The molecule has 9 nitrogen and oxygen atoms in total. The van der Waals surface area contributed by atoms with Gasteiger partial charge in [0.05, 0.1) is 28.0 Å². The number of alkyl halides is 3. The van der Waals surface area contributed by atoms with E-state index in [9.17, 15) is 36.4 Å². The summed E-state index contributed by atoms with van der Waals surface area (Å²) in [6.07, 6.45) is 1.16. The van der Waals surface area contributed by atoms with Crippen LogP contribution in [0.5, 0.6) is 0 Å². The Morgan fingerprint density at radius 2 is 1.81 bits per heavy atom. The van der Waals surface area contributed by atoms with Crippen molar-refractivity contribution in [2.45, 2.75) is 93.9 Å². The number of carboxylic acids is 1. The van der Waals surface area contributed by atoms with Crippen molar-refractivity contribution >= 4 is 21.9 Å². The van der Waals surface area contributed by atoms with Crippen molar-refractivity contribution in [3.05, 3.63) is 41.1 Å². The Kier molecular flexibility index (Phi) is 7.91. The van der Waals surface area contributed by atoms with Gasteiger partial charge < -0.3 is 15.0 Å². The SMILES string of the molecule is Cc1c(C(=O)NC2CC(C(=O)O)C2)cc(-c2ccc(S(=O)(=O)NC3(C#N)CC3)c(C(F)(F)F)c2)n1CC1CCCCC1. The highest BCUT2D eigenvalue weighted by molar-refractivity contribution is 7.89. The van der Waals surface area contributed by atoms with E-state index in [1.54, 1.807) is 6.92 Å². The molecule has 0 saturated heterocycles. The Morgan fingerprint density at radius 1 is 1.14 bits per heavy atom. The summed E-state index contributed by atoms with van der Waals surface area (Å²) in [6.45, 7) is 2.22. The van der Waals surface area contributed by atoms with E-state index < -0.39 is 50.0 Å². The van der Waals surface area contributed by atoms with Crippen LogP contribution in [0.15, 0.2) is 29.2 Å². The van der Waals surface area contributed by atoms with Crippen LogP contribution in [0.1, 0.15) is 79.4 Å². The van der Waals surface area contributed by atoms with E-state index in [0.717, 1.165) is 44.2 Å². The van der Waals surface area contributed by atoms with Crippen molar-refractivity contribution < 1.29 is 36.3 Å². The number of hydrogen-bond acceptors (Lipinski definition) is 5. The van der Waals surface area contributed by atoms with Crippen LogP contribution in [0.25, 0.3) is 11.3 Å². The molecule has 226 valence electrons. The number of nitrogens with zero attached hydrogens (tertiary/aromatic N) is 2. The molecule has 3 N–H and O–H groups in total. The summed E-state index contributed by atoms with van der Waals surface area (Å²) in [7, 11) is -4.66. The van der Waals surface area contributed by atoms with Gasteiger partial charge in [-0.25, -0.2) is 8.42 Å². The zero-order valence-corrected chi connectivity index (χ0v) is 23.9. The molecule has 0 aliphatic heterocycles. The predicted molar refractivity (Wildman–Crippen MR) is 146 cm³/mol. The molecular formula is C29H33F3N4O5S. The third-order valence-electron chi connectivity index (χ3n) is 8.76. The number of sulfonamides is 1. The Balaban J connectivity index is 1.52. The second-order valence-corrected chi connectivity index (χ2v) is 13.5. The summed E-state index contributed by atoms with van der Waals surface area (Å²) in [5.74, 6) is -1.60. The summed E-state index contributed by atoms with van der Waals surface area (Å²) in [4.78, 5) is 23.4. The van der Waals surface area contributed by atoms with E-state index in [4.69, 9.17) is 5.11 Å². The van der Waals surface area contributed by atoms with Crippen molar-refractivity contribution in [1.29, 1.82) is 5.26 Å². The van der Waals surface area contributed by atoms with Gasteiger partial charge >= 0.3 is 12.1 Å². The number of nitrogens with one attached hydrogen (secondary N) is 2. The molecule has 1 heterocycles. The zero-order chi connectivity index (χ0) is 30.4. The smallest absolute Gasteiger partial charge is 0.417 e. The Bertz CT molecular complexity index is 1540. The fourth-order valence-corrected chi connectivity index (χ4v) is 7.58. The van der Waals surface area contributed by atoms with Gasteiger partial charge in [0, 0.05) is 24.0 Å². The van der Waals surface area contributed by atoms with Crippen molar-refractivity contribution in [3.63, 3.8) is 0 Å².